The van der Waals surface area contributed by atoms with Crippen molar-refractivity contribution in [2.45, 2.75) is 31.9 Å². The largest absolute Gasteiger partial charge is 0.379 e. The van der Waals surface area contributed by atoms with Gasteiger partial charge in [-0.15, -0.1) is 5.10 Å². The maximum Gasteiger partial charge on any atom is 0.0897 e. The van der Waals surface area contributed by atoms with Gasteiger partial charge in [-0.05, 0) is 0 Å². The molecule has 1 aliphatic heterocycles. The third-order valence-corrected chi connectivity index (χ3v) is 3.63. The van der Waals surface area contributed by atoms with Crippen molar-refractivity contribution in [3.63, 3.8) is 0 Å². The topological polar surface area (TPSA) is 55.2 Å². The fourth-order valence-electron chi connectivity index (χ4n) is 2.60. The Morgan fingerprint density at radius 2 is 2.26 bits per heavy atom. The van der Waals surface area contributed by atoms with Crippen LogP contribution in [0.3, 0.4) is 0 Å². The fourth-order valence-corrected chi connectivity index (χ4v) is 2.60. The molecule has 0 spiro atoms. The highest BCUT2D eigenvalue weighted by atomic mass is 16.5. The average molecular weight is 267 g/mol. The molecule has 1 fully saturated rings. The number of aryl methyl sites for hydroxylation is 1. The summed E-state index contributed by atoms with van der Waals surface area (Å²) in [7, 11) is 3.68. The van der Waals surface area contributed by atoms with Crippen LogP contribution in [-0.2, 0) is 11.8 Å². The third-order valence-electron chi connectivity index (χ3n) is 3.63. The van der Waals surface area contributed by atoms with E-state index in [-0.39, 0.29) is 6.10 Å². The Kier molecular flexibility index (Phi) is 4.90. The summed E-state index contributed by atoms with van der Waals surface area (Å²) in [6.07, 6.45) is 2.21. The van der Waals surface area contributed by atoms with Gasteiger partial charge in [0.2, 0.25) is 0 Å². The van der Waals surface area contributed by atoms with Crippen molar-refractivity contribution in [2.75, 3.05) is 33.3 Å². The first-order valence-corrected chi connectivity index (χ1v) is 6.95. The lowest BCUT2D eigenvalue weighted by atomic mass is 10.0. The van der Waals surface area contributed by atoms with E-state index in [1.165, 1.54) is 0 Å². The molecule has 1 aromatic heterocycles. The van der Waals surface area contributed by atoms with E-state index in [4.69, 9.17) is 4.74 Å². The quantitative estimate of drug-likeness (QED) is 0.799. The Labute approximate surface area is 115 Å². The summed E-state index contributed by atoms with van der Waals surface area (Å²) in [6.45, 7) is 8.37. The minimum Gasteiger partial charge on any atom is -0.379 e. The molecule has 0 amide bonds. The van der Waals surface area contributed by atoms with Crippen LogP contribution in [0.1, 0.15) is 25.5 Å². The smallest absolute Gasteiger partial charge is 0.0897 e. The molecule has 1 aromatic rings. The predicted molar refractivity (Wildman–Crippen MR) is 74.1 cm³/mol. The van der Waals surface area contributed by atoms with Crippen LogP contribution in [0.5, 0.6) is 0 Å². The molecule has 2 heterocycles. The van der Waals surface area contributed by atoms with Crippen LogP contribution < -0.4 is 5.32 Å². The predicted octanol–water partition coefficient (Wildman–Crippen LogP) is 0.227. The Hall–Kier alpha value is -0.980. The molecule has 1 N–H and O–H groups in total. The minimum absolute atomic E-state index is 0.218. The van der Waals surface area contributed by atoms with E-state index in [2.05, 4.69) is 34.4 Å². The molecule has 6 heteroatoms. The number of hydrogen-bond acceptors (Lipinski definition) is 5. The van der Waals surface area contributed by atoms with Gasteiger partial charge in [0.25, 0.3) is 0 Å². The van der Waals surface area contributed by atoms with E-state index in [1.54, 1.807) is 11.8 Å². The highest BCUT2D eigenvalue weighted by Crippen LogP contribution is 2.27. The Balaban J connectivity index is 1.90. The summed E-state index contributed by atoms with van der Waals surface area (Å²) in [4.78, 5) is 2.43. The van der Waals surface area contributed by atoms with E-state index in [9.17, 15) is 0 Å². The molecule has 0 bridgehead atoms. The van der Waals surface area contributed by atoms with Crippen LogP contribution in [0.15, 0.2) is 6.20 Å². The molecular weight excluding hydrogens is 242 g/mol. The van der Waals surface area contributed by atoms with Gasteiger partial charge in [0, 0.05) is 58.5 Å². The molecular formula is C13H25N5O. The standard InChI is InChI=1S/C13H25N5O/c1-10(2)14-5-6-18-7-11(13(9-18)19-4)12-8-17(3)16-15-12/h8,10-11,13-14H,5-7,9H2,1-4H3/t11-,13+/m0/s1. The van der Waals surface area contributed by atoms with Gasteiger partial charge in [-0.2, -0.15) is 0 Å². The second-order valence-electron chi connectivity index (χ2n) is 5.57. The van der Waals surface area contributed by atoms with Crippen LogP contribution >= 0.6 is 0 Å². The third kappa shape index (κ3) is 3.75. The molecule has 108 valence electrons. The molecule has 0 aromatic carbocycles. The zero-order chi connectivity index (χ0) is 13.8. The zero-order valence-corrected chi connectivity index (χ0v) is 12.3. The average Bonchev–Trinajstić information content (AvgIpc) is 2.94. The summed E-state index contributed by atoms with van der Waals surface area (Å²) in [5.74, 6) is 0.331. The number of nitrogens with zero attached hydrogens (tertiary/aromatic N) is 4. The second-order valence-corrected chi connectivity index (χ2v) is 5.57. The van der Waals surface area contributed by atoms with Gasteiger partial charge < -0.3 is 10.1 Å². The maximum atomic E-state index is 5.61. The van der Waals surface area contributed by atoms with Crippen LogP contribution in [0.2, 0.25) is 0 Å². The van der Waals surface area contributed by atoms with Gasteiger partial charge in [-0.1, -0.05) is 19.1 Å². The van der Waals surface area contributed by atoms with Crippen molar-refractivity contribution in [3.8, 4) is 0 Å². The number of likely N-dealkylation sites (tertiary alicyclic amines) is 1. The lowest BCUT2D eigenvalue weighted by molar-refractivity contribution is 0.0964. The Bertz CT molecular complexity index is 392. The molecule has 0 aliphatic carbocycles. The van der Waals surface area contributed by atoms with Gasteiger partial charge in [0.15, 0.2) is 0 Å². The van der Waals surface area contributed by atoms with Crippen LogP contribution in [0.4, 0.5) is 0 Å². The summed E-state index contributed by atoms with van der Waals surface area (Å²) in [5.41, 5.74) is 1.04. The van der Waals surface area contributed by atoms with Crippen molar-refractivity contribution in [2.24, 2.45) is 7.05 Å². The SMILES string of the molecule is CO[C@@H]1CN(CCNC(C)C)C[C@H]1c1cn(C)nn1. The van der Waals surface area contributed by atoms with Crippen LogP contribution in [0, 0.1) is 0 Å². The molecule has 6 nitrogen and oxygen atoms in total. The van der Waals surface area contributed by atoms with E-state index in [1.807, 2.05) is 13.2 Å². The minimum atomic E-state index is 0.218. The maximum absolute atomic E-state index is 5.61. The molecule has 19 heavy (non-hydrogen) atoms. The van der Waals surface area contributed by atoms with Crippen molar-refractivity contribution in [1.29, 1.82) is 0 Å². The fraction of sp³-hybridized carbons (Fsp3) is 0.846. The molecule has 2 atom stereocenters. The number of aromatic nitrogens is 3. The van der Waals surface area contributed by atoms with E-state index < -0.39 is 0 Å². The van der Waals surface area contributed by atoms with Crippen LogP contribution in [0.25, 0.3) is 0 Å². The highest BCUT2D eigenvalue weighted by molar-refractivity contribution is 5.10. The highest BCUT2D eigenvalue weighted by Gasteiger charge is 2.35. The summed E-state index contributed by atoms with van der Waals surface area (Å²) < 4.78 is 7.36. The second kappa shape index (κ2) is 6.45. The number of ether oxygens (including phenoxy) is 1. The molecule has 0 unspecified atom stereocenters. The lowest BCUT2D eigenvalue weighted by Crippen LogP contribution is -2.34. The first kappa shape index (κ1) is 14.4. The van der Waals surface area contributed by atoms with Crippen LogP contribution in [-0.4, -0.2) is 65.3 Å². The van der Waals surface area contributed by atoms with Gasteiger partial charge in [-0.3, -0.25) is 9.58 Å². The number of rotatable bonds is 6. The first-order chi connectivity index (χ1) is 9.10. The molecule has 0 radical (unpaired) electrons. The number of hydrogen-bond donors (Lipinski definition) is 1. The van der Waals surface area contributed by atoms with Gasteiger partial charge in [-0.25, -0.2) is 0 Å². The van der Waals surface area contributed by atoms with Crippen molar-refractivity contribution < 1.29 is 4.74 Å². The van der Waals surface area contributed by atoms with Gasteiger partial charge in [0.05, 0.1) is 11.8 Å². The summed E-state index contributed by atoms with van der Waals surface area (Å²) in [6, 6.07) is 0.539. The van der Waals surface area contributed by atoms with Crippen molar-refractivity contribution >= 4 is 0 Å². The van der Waals surface area contributed by atoms with Gasteiger partial charge >= 0.3 is 0 Å². The normalized spacial score (nSPS) is 24.5. The number of nitrogens with one attached hydrogen (secondary N) is 1. The Morgan fingerprint density at radius 1 is 1.47 bits per heavy atom. The first-order valence-electron chi connectivity index (χ1n) is 6.95. The van der Waals surface area contributed by atoms with E-state index in [0.717, 1.165) is 31.9 Å². The van der Waals surface area contributed by atoms with E-state index in [0.29, 0.717) is 12.0 Å². The molecule has 0 saturated carbocycles. The molecule has 2 rings (SSSR count). The monoisotopic (exact) mass is 267 g/mol. The number of methoxy groups -OCH3 is 1. The zero-order valence-electron chi connectivity index (χ0n) is 12.3. The van der Waals surface area contributed by atoms with Gasteiger partial charge in [0.1, 0.15) is 0 Å². The van der Waals surface area contributed by atoms with Crippen molar-refractivity contribution in [1.82, 2.24) is 25.2 Å². The Morgan fingerprint density at radius 3 is 2.84 bits per heavy atom. The van der Waals surface area contributed by atoms with E-state index >= 15 is 0 Å². The molecule has 1 saturated heterocycles. The molecule has 1 aliphatic rings. The summed E-state index contributed by atoms with van der Waals surface area (Å²) in [5, 5.41) is 11.7. The van der Waals surface area contributed by atoms with Crippen molar-refractivity contribution in [3.05, 3.63) is 11.9 Å². The summed E-state index contributed by atoms with van der Waals surface area (Å²) >= 11 is 0. The lowest BCUT2D eigenvalue weighted by Gasteiger charge is -2.16.